The highest BCUT2D eigenvalue weighted by atomic mass is 35.5. The normalized spacial score (nSPS) is 11.0. The molecule has 1 aromatic heterocycles. The van der Waals surface area contributed by atoms with Gasteiger partial charge in [-0.15, -0.1) is 0 Å². The quantitative estimate of drug-likeness (QED) is 0.732. The van der Waals surface area contributed by atoms with Gasteiger partial charge in [0, 0.05) is 10.6 Å². The molecule has 0 bridgehead atoms. The molecule has 3 aromatic rings. The zero-order valence-electron chi connectivity index (χ0n) is 11.4. The molecule has 118 valence electrons. The average molecular weight is 355 g/mol. The summed E-state index contributed by atoms with van der Waals surface area (Å²) >= 11 is 6.94. The van der Waals surface area contributed by atoms with Gasteiger partial charge in [0.1, 0.15) is 5.75 Å². The van der Waals surface area contributed by atoms with E-state index in [9.17, 15) is 13.6 Å². The Kier molecular flexibility index (Phi) is 4.40. The number of carbonyl (C=O) groups excluding carboxylic acids is 1. The summed E-state index contributed by atoms with van der Waals surface area (Å²) in [6.07, 6.45) is 0. The maximum absolute atomic E-state index is 12.2. The first kappa shape index (κ1) is 15.6. The van der Waals surface area contributed by atoms with E-state index in [1.807, 2.05) is 0 Å². The molecule has 0 saturated carbocycles. The lowest BCUT2D eigenvalue weighted by Crippen LogP contribution is -2.11. The van der Waals surface area contributed by atoms with Crippen LogP contribution in [0.1, 0.15) is 10.4 Å². The van der Waals surface area contributed by atoms with Crippen molar-refractivity contribution in [2.75, 3.05) is 5.32 Å². The van der Waals surface area contributed by atoms with Crippen LogP contribution in [0.15, 0.2) is 42.5 Å². The lowest BCUT2D eigenvalue weighted by Gasteiger charge is -2.02. The SMILES string of the molecule is O=C(Nc1nc2ccc(OC(F)F)cc2s1)c1ccc(Cl)cc1. The second-order valence-electron chi connectivity index (χ2n) is 4.49. The molecule has 23 heavy (non-hydrogen) atoms. The maximum Gasteiger partial charge on any atom is 0.387 e. The molecule has 0 aliphatic heterocycles. The summed E-state index contributed by atoms with van der Waals surface area (Å²) in [6.45, 7) is -2.88. The van der Waals surface area contributed by atoms with Crippen LogP contribution in [0.2, 0.25) is 5.02 Å². The number of rotatable bonds is 4. The molecule has 2 aromatic carbocycles. The van der Waals surface area contributed by atoms with Gasteiger partial charge in [-0.25, -0.2) is 4.98 Å². The molecule has 1 amide bonds. The Bertz CT molecular complexity index is 852. The topological polar surface area (TPSA) is 51.2 Å². The van der Waals surface area contributed by atoms with E-state index in [4.69, 9.17) is 11.6 Å². The Morgan fingerprint density at radius 1 is 1.22 bits per heavy atom. The number of thiazole rings is 1. The molecule has 0 spiro atoms. The van der Waals surface area contributed by atoms with E-state index in [-0.39, 0.29) is 11.7 Å². The number of nitrogens with zero attached hydrogens (tertiary/aromatic N) is 1. The van der Waals surface area contributed by atoms with Crippen molar-refractivity contribution in [2.45, 2.75) is 6.61 Å². The minimum absolute atomic E-state index is 0.0479. The summed E-state index contributed by atoms with van der Waals surface area (Å²) in [5.41, 5.74) is 1.03. The molecule has 3 rings (SSSR count). The fourth-order valence-corrected chi connectivity index (χ4v) is 2.92. The number of hydrogen-bond acceptors (Lipinski definition) is 4. The number of fused-ring (bicyclic) bond motifs is 1. The third-order valence-corrected chi connectivity index (χ3v) is 4.10. The molecule has 0 aliphatic rings. The highest BCUT2D eigenvalue weighted by Gasteiger charge is 2.11. The molecule has 1 N–H and O–H groups in total. The summed E-state index contributed by atoms with van der Waals surface area (Å²) in [7, 11) is 0. The highest BCUT2D eigenvalue weighted by molar-refractivity contribution is 7.22. The third-order valence-electron chi connectivity index (χ3n) is 2.91. The molecular weight excluding hydrogens is 346 g/mol. The van der Waals surface area contributed by atoms with Gasteiger partial charge in [-0.05, 0) is 42.5 Å². The standard InChI is InChI=1S/C15H9ClF2N2O2S/c16-9-3-1-8(2-4-9)13(21)20-15-19-11-6-5-10(22-14(17)18)7-12(11)23-15/h1-7,14H,(H,19,20,21). The second-order valence-corrected chi connectivity index (χ2v) is 5.96. The first-order valence-corrected chi connectivity index (χ1v) is 7.63. The van der Waals surface area contributed by atoms with Crippen molar-refractivity contribution < 1.29 is 18.3 Å². The van der Waals surface area contributed by atoms with Crippen molar-refractivity contribution >= 4 is 44.2 Å². The van der Waals surface area contributed by atoms with Crippen LogP contribution in [0.4, 0.5) is 13.9 Å². The molecule has 8 heteroatoms. The van der Waals surface area contributed by atoms with Crippen LogP contribution >= 0.6 is 22.9 Å². The zero-order valence-corrected chi connectivity index (χ0v) is 13.0. The van der Waals surface area contributed by atoms with Gasteiger partial charge in [-0.1, -0.05) is 22.9 Å². The van der Waals surface area contributed by atoms with Gasteiger partial charge in [0.15, 0.2) is 5.13 Å². The monoisotopic (exact) mass is 354 g/mol. The van der Waals surface area contributed by atoms with Gasteiger partial charge >= 0.3 is 6.61 Å². The van der Waals surface area contributed by atoms with Gasteiger partial charge in [0.25, 0.3) is 5.91 Å². The maximum atomic E-state index is 12.2. The van der Waals surface area contributed by atoms with Crippen LogP contribution in [-0.2, 0) is 0 Å². The van der Waals surface area contributed by atoms with Crippen molar-refractivity contribution in [3.63, 3.8) is 0 Å². The molecular formula is C15H9ClF2N2O2S. The summed E-state index contributed by atoms with van der Waals surface area (Å²) in [5, 5.41) is 3.57. The number of benzene rings is 2. The number of halogens is 3. The Hall–Kier alpha value is -2.25. The molecule has 1 heterocycles. The Morgan fingerprint density at radius 3 is 2.65 bits per heavy atom. The van der Waals surface area contributed by atoms with Crippen LogP contribution in [0, 0.1) is 0 Å². The number of alkyl halides is 2. The molecule has 0 saturated heterocycles. The second kappa shape index (κ2) is 6.47. The molecule has 0 aliphatic carbocycles. The predicted molar refractivity (Wildman–Crippen MR) is 85.7 cm³/mol. The van der Waals surface area contributed by atoms with Crippen LogP contribution < -0.4 is 10.1 Å². The van der Waals surface area contributed by atoms with E-state index in [1.54, 1.807) is 30.3 Å². The Balaban J connectivity index is 1.80. The zero-order chi connectivity index (χ0) is 16.4. The van der Waals surface area contributed by atoms with Gasteiger partial charge < -0.3 is 4.74 Å². The number of nitrogens with one attached hydrogen (secondary N) is 1. The number of hydrogen-bond donors (Lipinski definition) is 1. The summed E-state index contributed by atoms with van der Waals surface area (Å²) in [5.74, 6) is -0.281. The van der Waals surface area contributed by atoms with E-state index < -0.39 is 6.61 Å². The smallest absolute Gasteiger partial charge is 0.387 e. The number of anilines is 1. The highest BCUT2D eigenvalue weighted by Crippen LogP contribution is 2.30. The summed E-state index contributed by atoms with van der Waals surface area (Å²) in [6, 6.07) is 10.8. The van der Waals surface area contributed by atoms with Crippen LogP contribution in [-0.4, -0.2) is 17.5 Å². The van der Waals surface area contributed by atoms with Crippen molar-refractivity contribution in [1.29, 1.82) is 0 Å². The van der Waals surface area contributed by atoms with Crippen LogP contribution in [0.25, 0.3) is 10.2 Å². The van der Waals surface area contributed by atoms with Gasteiger partial charge in [0.2, 0.25) is 0 Å². The lowest BCUT2D eigenvalue weighted by atomic mass is 10.2. The first-order valence-electron chi connectivity index (χ1n) is 6.43. The fraction of sp³-hybridized carbons (Fsp3) is 0.0667. The molecule has 0 unspecified atom stereocenters. The number of carbonyl (C=O) groups is 1. The molecule has 0 fully saturated rings. The van der Waals surface area contributed by atoms with E-state index in [0.717, 1.165) is 0 Å². The van der Waals surface area contributed by atoms with E-state index >= 15 is 0 Å². The average Bonchev–Trinajstić information content (AvgIpc) is 2.88. The van der Waals surface area contributed by atoms with Crippen molar-refractivity contribution in [3.05, 3.63) is 53.1 Å². The minimum atomic E-state index is -2.88. The first-order chi connectivity index (χ1) is 11.0. The van der Waals surface area contributed by atoms with Crippen molar-refractivity contribution in [3.8, 4) is 5.75 Å². The summed E-state index contributed by atoms with van der Waals surface area (Å²) in [4.78, 5) is 16.3. The van der Waals surface area contributed by atoms with Crippen molar-refractivity contribution in [1.82, 2.24) is 4.98 Å². The third kappa shape index (κ3) is 3.75. The Labute approximate surface area is 138 Å². The minimum Gasteiger partial charge on any atom is -0.435 e. The van der Waals surface area contributed by atoms with Crippen molar-refractivity contribution in [2.24, 2.45) is 0 Å². The van der Waals surface area contributed by atoms with Gasteiger partial charge in [-0.2, -0.15) is 8.78 Å². The van der Waals surface area contributed by atoms with Gasteiger partial charge in [-0.3, -0.25) is 10.1 Å². The van der Waals surface area contributed by atoms with E-state index in [0.29, 0.717) is 25.9 Å². The molecule has 0 radical (unpaired) electrons. The van der Waals surface area contributed by atoms with E-state index in [1.165, 1.54) is 23.5 Å². The molecule has 4 nitrogen and oxygen atoms in total. The number of amides is 1. The lowest BCUT2D eigenvalue weighted by molar-refractivity contribution is -0.0497. The Morgan fingerprint density at radius 2 is 1.96 bits per heavy atom. The summed E-state index contributed by atoms with van der Waals surface area (Å²) < 4.78 is 29.4. The van der Waals surface area contributed by atoms with Crippen LogP contribution in [0.3, 0.4) is 0 Å². The van der Waals surface area contributed by atoms with Gasteiger partial charge in [0.05, 0.1) is 10.2 Å². The van der Waals surface area contributed by atoms with Crippen LogP contribution in [0.5, 0.6) is 5.75 Å². The number of ether oxygens (including phenoxy) is 1. The fourth-order valence-electron chi connectivity index (χ4n) is 1.91. The predicted octanol–water partition coefficient (Wildman–Crippen LogP) is 4.80. The molecule has 0 atom stereocenters. The number of aromatic nitrogens is 1. The van der Waals surface area contributed by atoms with E-state index in [2.05, 4.69) is 15.0 Å². The largest absolute Gasteiger partial charge is 0.435 e.